The molecule has 1 N–H and O–H groups in total. The number of anilines is 1. The molecule has 27 heavy (non-hydrogen) atoms. The van der Waals surface area contributed by atoms with Gasteiger partial charge in [-0.05, 0) is 30.3 Å². The van der Waals surface area contributed by atoms with Crippen LogP contribution in [0, 0.1) is 0 Å². The topological polar surface area (TPSA) is 81.4 Å². The minimum atomic E-state index is -0.201. The Morgan fingerprint density at radius 2 is 2.15 bits per heavy atom. The second kappa shape index (κ2) is 7.42. The predicted molar refractivity (Wildman–Crippen MR) is 106 cm³/mol. The average molecular weight is 400 g/mol. The van der Waals surface area contributed by atoms with Crippen molar-refractivity contribution in [2.45, 2.75) is 5.03 Å². The van der Waals surface area contributed by atoms with E-state index < -0.39 is 0 Å². The quantitative estimate of drug-likeness (QED) is 0.516. The van der Waals surface area contributed by atoms with Crippen molar-refractivity contribution in [2.75, 3.05) is 18.2 Å². The highest BCUT2D eigenvalue weighted by atomic mass is 35.5. The van der Waals surface area contributed by atoms with Gasteiger partial charge >= 0.3 is 0 Å². The van der Waals surface area contributed by atoms with Gasteiger partial charge in [0.2, 0.25) is 5.91 Å². The number of thioether (sulfide) groups is 1. The smallest absolute Gasteiger partial charge is 0.234 e. The standard InChI is InChI=1S/C18H14ClN5O2S/c1-26-15-7-6-11(19)8-13(15)21-16(25)9-27-18-17-23-20-10-24(17)14-5-3-2-4-12(14)22-18/h2-8,10H,9H2,1H3,(H,21,25). The maximum absolute atomic E-state index is 12.4. The van der Waals surface area contributed by atoms with E-state index in [2.05, 4.69) is 20.5 Å². The molecule has 7 nitrogen and oxygen atoms in total. The summed E-state index contributed by atoms with van der Waals surface area (Å²) in [5, 5.41) is 12.1. The molecule has 2 aromatic carbocycles. The number of aromatic nitrogens is 4. The molecule has 0 aliphatic heterocycles. The fourth-order valence-corrected chi connectivity index (χ4v) is 3.62. The molecule has 0 unspecified atom stereocenters. The second-order valence-electron chi connectivity index (χ2n) is 5.61. The summed E-state index contributed by atoms with van der Waals surface area (Å²) < 4.78 is 7.11. The van der Waals surface area contributed by atoms with Gasteiger partial charge in [-0.3, -0.25) is 9.20 Å². The van der Waals surface area contributed by atoms with E-state index in [-0.39, 0.29) is 11.7 Å². The monoisotopic (exact) mass is 399 g/mol. The summed E-state index contributed by atoms with van der Waals surface area (Å²) in [6.45, 7) is 0. The number of ether oxygens (including phenoxy) is 1. The molecule has 0 aliphatic rings. The Morgan fingerprint density at radius 1 is 1.30 bits per heavy atom. The predicted octanol–water partition coefficient (Wildman–Crippen LogP) is 3.67. The summed E-state index contributed by atoms with van der Waals surface area (Å²) in [5.74, 6) is 0.499. The van der Waals surface area contributed by atoms with Crippen LogP contribution in [0.5, 0.6) is 5.75 Å². The van der Waals surface area contributed by atoms with E-state index in [1.54, 1.807) is 24.5 Å². The van der Waals surface area contributed by atoms with E-state index in [0.29, 0.717) is 27.1 Å². The highest BCUT2D eigenvalue weighted by Crippen LogP contribution is 2.29. The van der Waals surface area contributed by atoms with E-state index in [4.69, 9.17) is 16.3 Å². The molecular weight excluding hydrogens is 386 g/mol. The number of fused-ring (bicyclic) bond motifs is 3. The van der Waals surface area contributed by atoms with E-state index in [9.17, 15) is 4.79 Å². The Labute approximate surface area is 163 Å². The van der Waals surface area contributed by atoms with Gasteiger partial charge in [-0.25, -0.2) is 4.98 Å². The summed E-state index contributed by atoms with van der Waals surface area (Å²) in [5.41, 5.74) is 2.86. The van der Waals surface area contributed by atoms with Gasteiger partial charge in [0.05, 0.1) is 29.6 Å². The number of hydrogen-bond donors (Lipinski definition) is 1. The molecule has 2 heterocycles. The van der Waals surface area contributed by atoms with Crippen molar-refractivity contribution in [2.24, 2.45) is 0 Å². The fourth-order valence-electron chi connectivity index (χ4n) is 2.67. The fraction of sp³-hybridized carbons (Fsp3) is 0.111. The van der Waals surface area contributed by atoms with E-state index in [1.165, 1.54) is 18.9 Å². The molecule has 0 fully saturated rings. The maximum Gasteiger partial charge on any atom is 0.234 e. The van der Waals surface area contributed by atoms with Crippen LogP contribution >= 0.6 is 23.4 Å². The maximum atomic E-state index is 12.4. The van der Waals surface area contributed by atoms with Crippen LogP contribution in [0.2, 0.25) is 5.02 Å². The van der Waals surface area contributed by atoms with Crippen LogP contribution in [0.25, 0.3) is 16.7 Å². The summed E-state index contributed by atoms with van der Waals surface area (Å²) in [6, 6.07) is 12.8. The third-order valence-electron chi connectivity index (χ3n) is 3.88. The number of nitrogens with one attached hydrogen (secondary N) is 1. The first-order valence-electron chi connectivity index (χ1n) is 8.00. The minimum Gasteiger partial charge on any atom is -0.495 e. The molecule has 0 atom stereocenters. The largest absolute Gasteiger partial charge is 0.495 e. The number of carbonyl (C=O) groups excluding carboxylic acids is 1. The number of rotatable bonds is 5. The van der Waals surface area contributed by atoms with Crippen molar-refractivity contribution in [3.05, 3.63) is 53.8 Å². The van der Waals surface area contributed by atoms with Gasteiger partial charge < -0.3 is 10.1 Å². The SMILES string of the molecule is COc1ccc(Cl)cc1NC(=O)CSc1nc2ccccc2n2cnnc12. The number of halogens is 1. The number of carbonyl (C=O) groups is 1. The Bertz CT molecular complexity index is 1150. The number of benzene rings is 2. The van der Waals surface area contributed by atoms with Crippen molar-refractivity contribution < 1.29 is 9.53 Å². The lowest BCUT2D eigenvalue weighted by molar-refractivity contribution is -0.113. The Kier molecular flexibility index (Phi) is 4.83. The third-order valence-corrected chi connectivity index (χ3v) is 5.07. The van der Waals surface area contributed by atoms with Crippen LogP contribution < -0.4 is 10.1 Å². The first-order chi connectivity index (χ1) is 13.2. The molecule has 1 amide bonds. The summed E-state index contributed by atoms with van der Waals surface area (Å²) >= 11 is 7.29. The molecule has 9 heteroatoms. The zero-order valence-corrected chi connectivity index (χ0v) is 15.8. The normalized spacial score (nSPS) is 11.0. The lowest BCUT2D eigenvalue weighted by Gasteiger charge is -2.10. The lowest BCUT2D eigenvalue weighted by atomic mass is 10.3. The van der Waals surface area contributed by atoms with Gasteiger partial charge in [0.25, 0.3) is 0 Å². The molecular formula is C18H14ClN5O2S. The second-order valence-corrected chi connectivity index (χ2v) is 7.01. The van der Waals surface area contributed by atoms with Crippen molar-refractivity contribution in [1.82, 2.24) is 19.6 Å². The van der Waals surface area contributed by atoms with Crippen LogP contribution in [-0.2, 0) is 4.79 Å². The van der Waals surface area contributed by atoms with Gasteiger partial charge in [-0.15, -0.1) is 10.2 Å². The molecule has 2 aromatic heterocycles. The van der Waals surface area contributed by atoms with Gasteiger partial charge in [-0.1, -0.05) is 35.5 Å². The van der Waals surface area contributed by atoms with Crippen molar-refractivity contribution in [3.63, 3.8) is 0 Å². The molecule has 0 saturated heterocycles. The highest BCUT2D eigenvalue weighted by Gasteiger charge is 2.14. The van der Waals surface area contributed by atoms with Crippen molar-refractivity contribution >= 4 is 51.6 Å². The zero-order chi connectivity index (χ0) is 18.8. The molecule has 0 radical (unpaired) electrons. The Balaban J connectivity index is 1.55. The Hall–Kier alpha value is -2.84. The minimum absolute atomic E-state index is 0.156. The van der Waals surface area contributed by atoms with Crippen LogP contribution in [-0.4, -0.2) is 38.4 Å². The van der Waals surface area contributed by atoms with Crippen molar-refractivity contribution in [1.29, 1.82) is 0 Å². The van der Waals surface area contributed by atoms with E-state index in [1.807, 2.05) is 28.7 Å². The average Bonchev–Trinajstić information content (AvgIpc) is 3.17. The molecule has 0 spiro atoms. The van der Waals surface area contributed by atoms with E-state index >= 15 is 0 Å². The third kappa shape index (κ3) is 3.54. The number of hydrogen-bond acceptors (Lipinski definition) is 6. The number of methoxy groups -OCH3 is 1. The molecule has 0 saturated carbocycles. The molecule has 0 aliphatic carbocycles. The van der Waals surface area contributed by atoms with Gasteiger partial charge in [0, 0.05) is 5.02 Å². The van der Waals surface area contributed by atoms with Gasteiger partial charge in [0.15, 0.2) is 5.65 Å². The molecule has 0 bridgehead atoms. The summed E-state index contributed by atoms with van der Waals surface area (Å²) in [4.78, 5) is 17.0. The molecule has 4 aromatic rings. The van der Waals surface area contributed by atoms with Gasteiger partial charge in [-0.2, -0.15) is 0 Å². The van der Waals surface area contributed by atoms with Crippen LogP contribution in [0.4, 0.5) is 5.69 Å². The first kappa shape index (κ1) is 17.6. The lowest BCUT2D eigenvalue weighted by Crippen LogP contribution is -2.15. The molecule has 136 valence electrons. The highest BCUT2D eigenvalue weighted by molar-refractivity contribution is 8.00. The van der Waals surface area contributed by atoms with Gasteiger partial charge in [0.1, 0.15) is 17.1 Å². The van der Waals surface area contributed by atoms with Crippen LogP contribution in [0.1, 0.15) is 0 Å². The first-order valence-corrected chi connectivity index (χ1v) is 9.37. The Morgan fingerprint density at radius 3 is 3.00 bits per heavy atom. The zero-order valence-electron chi connectivity index (χ0n) is 14.2. The number of nitrogens with zero attached hydrogens (tertiary/aromatic N) is 4. The summed E-state index contributed by atoms with van der Waals surface area (Å²) in [7, 11) is 1.54. The summed E-state index contributed by atoms with van der Waals surface area (Å²) in [6.07, 6.45) is 1.64. The van der Waals surface area contributed by atoms with Crippen LogP contribution in [0.3, 0.4) is 0 Å². The number of para-hydroxylation sites is 2. The molecule has 4 rings (SSSR count). The van der Waals surface area contributed by atoms with Crippen LogP contribution in [0.15, 0.2) is 53.8 Å². The number of amides is 1. The van der Waals surface area contributed by atoms with Crippen molar-refractivity contribution in [3.8, 4) is 5.75 Å². The van der Waals surface area contributed by atoms with E-state index in [0.717, 1.165) is 11.0 Å².